The largest absolute Gasteiger partial charge is 0.493 e. The molecule has 4 rings (SSSR count). The lowest BCUT2D eigenvalue weighted by molar-refractivity contribution is -0.0185. The minimum absolute atomic E-state index is 0.0752. The van der Waals surface area contributed by atoms with Crippen LogP contribution in [0.1, 0.15) is 71.3 Å². The van der Waals surface area contributed by atoms with Crippen molar-refractivity contribution in [3.63, 3.8) is 0 Å². The summed E-state index contributed by atoms with van der Waals surface area (Å²) in [6.45, 7) is 14.3. The van der Waals surface area contributed by atoms with E-state index in [9.17, 15) is 5.11 Å². The van der Waals surface area contributed by atoms with Crippen molar-refractivity contribution in [2.45, 2.75) is 71.4 Å². The molecule has 1 aliphatic carbocycles. The van der Waals surface area contributed by atoms with E-state index in [1.807, 2.05) is 0 Å². The second kappa shape index (κ2) is 9.17. The van der Waals surface area contributed by atoms with Crippen molar-refractivity contribution in [3.05, 3.63) is 29.8 Å². The highest BCUT2D eigenvalue weighted by Crippen LogP contribution is 2.37. The smallest absolute Gasteiger partial charge is 0.321 e. The van der Waals surface area contributed by atoms with Gasteiger partial charge in [0.2, 0.25) is 5.88 Å². The van der Waals surface area contributed by atoms with Gasteiger partial charge in [-0.2, -0.15) is 4.98 Å². The molecule has 2 aliphatic rings. The summed E-state index contributed by atoms with van der Waals surface area (Å²) in [5, 5.41) is 9.64. The molecule has 2 aromatic heterocycles. The van der Waals surface area contributed by atoms with Crippen LogP contribution in [0.25, 0.3) is 0 Å². The number of hydrogen-bond donors (Lipinski definition) is 1. The zero-order valence-electron chi connectivity index (χ0n) is 20.0. The van der Waals surface area contributed by atoms with E-state index in [2.05, 4.69) is 60.5 Å². The number of nitrogens with zero attached hydrogens (tertiary/aromatic N) is 6. The van der Waals surface area contributed by atoms with E-state index >= 15 is 0 Å². The van der Waals surface area contributed by atoms with Crippen LogP contribution >= 0.6 is 0 Å². The summed E-state index contributed by atoms with van der Waals surface area (Å²) in [6.07, 6.45) is 5.12. The van der Waals surface area contributed by atoms with E-state index in [1.54, 1.807) is 0 Å². The molecule has 1 aliphatic heterocycles. The number of rotatable bonds is 6. The molecule has 174 valence electrons. The summed E-state index contributed by atoms with van der Waals surface area (Å²) >= 11 is 0. The van der Waals surface area contributed by atoms with Crippen LogP contribution in [0.3, 0.4) is 0 Å². The Morgan fingerprint density at radius 1 is 1.06 bits per heavy atom. The molecule has 8 nitrogen and oxygen atoms in total. The molecular formula is C24H36N6O2. The van der Waals surface area contributed by atoms with Gasteiger partial charge in [0.25, 0.3) is 0 Å². The second-order valence-corrected chi connectivity index (χ2v) is 10.3. The van der Waals surface area contributed by atoms with E-state index in [1.165, 1.54) is 37.2 Å². The SMILES string of the molecule is CC(C)C(Oc1nccc(O)n1)N1CCN(c2cc(C3CCC3)nc(C(C)(C)C)n2)CC1. The maximum atomic E-state index is 9.64. The van der Waals surface area contributed by atoms with E-state index in [-0.39, 0.29) is 29.5 Å². The Labute approximate surface area is 191 Å². The molecule has 2 aromatic rings. The summed E-state index contributed by atoms with van der Waals surface area (Å²) < 4.78 is 6.07. The highest BCUT2D eigenvalue weighted by atomic mass is 16.5. The molecule has 0 radical (unpaired) electrons. The molecular weight excluding hydrogens is 404 g/mol. The van der Waals surface area contributed by atoms with Crippen LogP contribution in [0, 0.1) is 5.92 Å². The van der Waals surface area contributed by atoms with Crippen molar-refractivity contribution in [1.29, 1.82) is 0 Å². The number of aromatic hydroxyl groups is 1. The lowest BCUT2D eigenvalue weighted by atomic mass is 9.82. The van der Waals surface area contributed by atoms with Gasteiger partial charge in [-0.25, -0.2) is 15.0 Å². The molecule has 32 heavy (non-hydrogen) atoms. The Morgan fingerprint density at radius 2 is 1.78 bits per heavy atom. The van der Waals surface area contributed by atoms with E-state index in [4.69, 9.17) is 14.7 Å². The zero-order chi connectivity index (χ0) is 22.9. The van der Waals surface area contributed by atoms with Crippen LogP contribution in [0.5, 0.6) is 11.9 Å². The van der Waals surface area contributed by atoms with Gasteiger partial charge in [-0.15, -0.1) is 0 Å². The normalized spacial score (nSPS) is 19.1. The van der Waals surface area contributed by atoms with Gasteiger partial charge in [0, 0.05) is 67.5 Å². The predicted octanol–water partition coefficient (Wildman–Crippen LogP) is 3.72. The highest BCUT2D eigenvalue weighted by molar-refractivity contribution is 5.42. The van der Waals surface area contributed by atoms with Crippen LogP contribution < -0.4 is 9.64 Å². The Bertz CT molecular complexity index is 917. The van der Waals surface area contributed by atoms with Crippen molar-refractivity contribution >= 4 is 5.82 Å². The number of hydrogen-bond acceptors (Lipinski definition) is 8. The Balaban J connectivity index is 1.47. The quantitative estimate of drug-likeness (QED) is 0.727. The lowest BCUT2D eigenvalue weighted by Crippen LogP contribution is -2.54. The number of aromatic nitrogens is 4. The first-order valence-electron chi connectivity index (χ1n) is 11.8. The summed E-state index contributed by atoms with van der Waals surface area (Å²) in [5.41, 5.74) is 1.13. The minimum Gasteiger partial charge on any atom is -0.493 e. The van der Waals surface area contributed by atoms with Gasteiger partial charge in [-0.05, 0) is 12.8 Å². The minimum atomic E-state index is -0.153. The van der Waals surface area contributed by atoms with E-state index < -0.39 is 0 Å². The van der Waals surface area contributed by atoms with E-state index in [0.29, 0.717) is 5.92 Å². The number of piperazine rings is 1. The molecule has 1 unspecified atom stereocenters. The van der Waals surface area contributed by atoms with Crippen molar-refractivity contribution in [2.24, 2.45) is 5.92 Å². The molecule has 0 spiro atoms. The maximum Gasteiger partial charge on any atom is 0.321 e. The maximum absolute atomic E-state index is 9.64. The second-order valence-electron chi connectivity index (χ2n) is 10.3. The van der Waals surface area contributed by atoms with Crippen LogP contribution in [-0.2, 0) is 5.41 Å². The fourth-order valence-corrected chi connectivity index (χ4v) is 4.20. The zero-order valence-corrected chi connectivity index (χ0v) is 20.0. The predicted molar refractivity (Wildman–Crippen MR) is 124 cm³/mol. The van der Waals surface area contributed by atoms with Crippen LogP contribution in [0.15, 0.2) is 18.3 Å². The van der Waals surface area contributed by atoms with Crippen LogP contribution in [-0.4, -0.2) is 62.3 Å². The molecule has 1 saturated heterocycles. The third-order valence-electron chi connectivity index (χ3n) is 6.34. The standard InChI is InChI=1S/C24H36N6O2/c1-16(2)21(32-23-25-10-9-20(31)28-23)30-13-11-29(12-14-30)19-15-18(17-7-6-8-17)26-22(27-19)24(3,4)5/h9-10,15-17,21H,6-8,11-14H2,1-5H3,(H,25,28,31). The molecule has 0 bridgehead atoms. The molecule has 1 saturated carbocycles. The third kappa shape index (κ3) is 5.11. The Morgan fingerprint density at radius 3 is 2.34 bits per heavy atom. The average Bonchev–Trinajstić information content (AvgIpc) is 2.70. The van der Waals surface area contributed by atoms with Gasteiger partial charge in [0.05, 0.1) is 0 Å². The molecule has 2 fully saturated rings. The lowest BCUT2D eigenvalue weighted by Gasteiger charge is -2.41. The summed E-state index contributed by atoms with van der Waals surface area (Å²) in [5.74, 6) is 2.74. The molecule has 0 aromatic carbocycles. The van der Waals surface area contributed by atoms with Gasteiger partial charge in [0.15, 0.2) is 6.23 Å². The van der Waals surface area contributed by atoms with Crippen molar-refractivity contribution in [3.8, 4) is 11.9 Å². The van der Waals surface area contributed by atoms with Crippen molar-refractivity contribution in [2.75, 3.05) is 31.1 Å². The Hall–Kier alpha value is -2.48. The average molecular weight is 441 g/mol. The summed E-state index contributed by atoms with van der Waals surface area (Å²) in [4.78, 5) is 22.7. The molecule has 0 amide bonds. The van der Waals surface area contributed by atoms with Gasteiger partial charge < -0.3 is 14.7 Å². The summed E-state index contributed by atoms with van der Waals surface area (Å²) in [7, 11) is 0. The van der Waals surface area contributed by atoms with Gasteiger partial charge in [0.1, 0.15) is 11.6 Å². The van der Waals surface area contributed by atoms with Gasteiger partial charge in [-0.3, -0.25) is 4.90 Å². The van der Waals surface area contributed by atoms with E-state index in [0.717, 1.165) is 37.8 Å². The van der Waals surface area contributed by atoms with Crippen molar-refractivity contribution in [1.82, 2.24) is 24.8 Å². The fourth-order valence-electron chi connectivity index (χ4n) is 4.20. The third-order valence-corrected chi connectivity index (χ3v) is 6.34. The highest BCUT2D eigenvalue weighted by Gasteiger charge is 2.31. The van der Waals surface area contributed by atoms with Gasteiger partial charge in [-0.1, -0.05) is 41.0 Å². The summed E-state index contributed by atoms with van der Waals surface area (Å²) in [6, 6.07) is 3.87. The monoisotopic (exact) mass is 440 g/mol. The molecule has 1 atom stereocenters. The van der Waals surface area contributed by atoms with Crippen molar-refractivity contribution < 1.29 is 9.84 Å². The first-order chi connectivity index (χ1) is 15.2. The molecule has 1 N–H and O–H groups in total. The van der Waals surface area contributed by atoms with Gasteiger partial charge >= 0.3 is 6.01 Å². The Kier molecular flexibility index (Phi) is 6.51. The fraction of sp³-hybridized carbons (Fsp3) is 0.667. The first kappa shape index (κ1) is 22.7. The first-order valence-corrected chi connectivity index (χ1v) is 11.8. The van der Waals surface area contributed by atoms with Crippen LogP contribution in [0.4, 0.5) is 5.82 Å². The molecule has 8 heteroatoms. The molecule has 3 heterocycles. The topological polar surface area (TPSA) is 87.5 Å². The number of ether oxygens (including phenoxy) is 1. The van der Waals surface area contributed by atoms with Crippen LogP contribution in [0.2, 0.25) is 0 Å². The number of anilines is 1.